The molecule has 0 fully saturated rings. The normalized spacial score (nSPS) is 27.4. The number of allylic oxidation sites excluding steroid dienone is 2. The van der Waals surface area contributed by atoms with Crippen LogP contribution >= 0.6 is 11.6 Å². The first-order valence-corrected chi connectivity index (χ1v) is 6.53. The molecule has 0 spiro atoms. The highest BCUT2D eigenvalue weighted by Gasteiger charge is 2.42. The van der Waals surface area contributed by atoms with Gasteiger partial charge in [-0.1, -0.05) is 23.8 Å². The van der Waals surface area contributed by atoms with E-state index in [1.54, 1.807) is 19.2 Å². The third kappa shape index (κ3) is 1.78. The largest absolute Gasteiger partial charge is 0.495 e. The monoisotopic (exact) mass is 279 g/mol. The number of benzene rings is 1. The summed E-state index contributed by atoms with van der Waals surface area (Å²) in [4.78, 5) is 11.4. The van der Waals surface area contributed by atoms with Crippen LogP contribution in [0.5, 0.6) is 5.75 Å². The van der Waals surface area contributed by atoms with E-state index in [-0.39, 0.29) is 11.8 Å². The number of carboxylic acid groups (broad SMARTS) is 1. The van der Waals surface area contributed by atoms with Gasteiger partial charge in [0, 0.05) is 22.4 Å². The molecule has 19 heavy (non-hydrogen) atoms. The highest BCUT2D eigenvalue weighted by molar-refractivity contribution is 6.32. The summed E-state index contributed by atoms with van der Waals surface area (Å²) in [5, 5.41) is 13.1. The molecule has 3 atom stereocenters. The van der Waals surface area contributed by atoms with Crippen LogP contribution in [0.2, 0.25) is 5.02 Å². The number of carbonyl (C=O) groups is 1. The molecule has 0 radical (unpaired) electrons. The summed E-state index contributed by atoms with van der Waals surface area (Å²) in [6.45, 7) is 0. The zero-order chi connectivity index (χ0) is 13.6. The first kappa shape index (κ1) is 12.4. The summed E-state index contributed by atoms with van der Waals surface area (Å²) in [6, 6.07) is 2.94. The SMILES string of the molecule is COc1ccc(Cl)c2c1N[C@@H](C(=O)O)[C@@H]1CC=C[C@@H]21. The van der Waals surface area contributed by atoms with Crippen molar-refractivity contribution in [1.82, 2.24) is 0 Å². The predicted octanol–water partition coefficient (Wildman–Crippen LogP) is 2.89. The van der Waals surface area contributed by atoms with Gasteiger partial charge in [0.15, 0.2) is 0 Å². The number of ether oxygens (including phenoxy) is 1. The molecule has 0 aromatic heterocycles. The zero-order valence-electron chi connectivity index (χ0n) is 10.4. The molecule has 3 rings (SSSR count). The number of fused-ring (bicyclic) bond motifs is 3. The fourth-order valence-corrected chi connectivity index (χ4v) is 3.34. The molecule has 4 nitrogen and oxygen atoms in total. The molecule has 1 aromatic rings. The van der Waals surface area contributed by atoms with E-state index < -0.39 is 12.0 Å². The summed E-state index contributed by atoms with van der Waals surface area (Å²) in [5.41, 5.74) is 1.65. The van der Waals surface area contributed by atoms with Gasteiger partial charge in [0.25, 0.3) is 0 Å². The number of nitrogens with one attached hydrogen (secondary N) is 1. The van der Waals surface area contributed by atoms with Gasteiger partial charge in [-0.25, -0.2) is 4.79 Å². The maximum Gasteiger partial charge on any atom is 0.326 e. The average molecular weight is 280 g/mol. The molecule has 1 heterocycles. The molecule has 1 aliphatic carbocycles. The fourth-order valence-electron chi connectivity index (χ4n) is 3.05. The van der Waals surface area contributed by atoms with Crippen molar-refractivity contribution in [1.29, 1.82) is 0 Å². The summed E-state index contributed by atoms with van der Waals surface area (Å²) in [6.07, 6.45) is 4.82. The van der Waals surface area contributed by atoms with E-state index in [9.17, 15) is 9.90 Å². The molecular weight excluding hydrogens is 266 g/mol. The molecule has 1 aromatic carbocycles. The Morgan fingerprint density at radius 1 is 1.53 bits per heavy atom. The molecular formula is C14H14ClNO3. The minimum absolute atomic E-state index is 0.00889. The molecule has 0 saturated heterocycles. The highest BCUT2D eigenvalue weighted by atomic mass is 35.5. The summed E-state index contributed by atoms with van der Waals surface area (Å²) in [7, 11) is 1.57. The number of carboxylic acids is 1. The van der Waals surface area contributed by atoms with Crippen molar-refractivity contribution < 1.29 is 14.6 Å². The Morgan fingerprint density at radius 2 is 2.32 bits per heavy atom. The Hall–Kier alpha value is -1.68. The van der Waals surface area contributed by atoms with Gasteiger partial charge >= 0.3 is 5.97 Å². The predicted molar refractivity (Wildman–Crippen MR) is 73.0 cm³/mol. The van der Waals surface area contributed by atoms with Gasteiger partial charge in [-0.2, -0.15) is 0 Å². The first-order chi connectivity index (χ1) is 9.13. The van der Waals surface area contributed by atoms with E-state index in [0.29, 0.717) is 16.5 Å². The maximum absolute atomic E-state index is 11.4. The van der Waals surface area contributed by atoms with Gasteiger partial charge in [0.05, 0.1) is 12.8 Å². The lowest BCUT2D eigenvalue weighted by Gasteiger charge is -2.35. The van der Waals surface area contributed by atoms with Crippen LogP contribution in [-0.4, -0.2) is 24.2 Å². The van der Waals surface area contributed by atoms with Gasteiger partial charge in [-0.05, 0) is 18.6 Å². The van der Waals surface area contributed by atoms with Crippen LogP contribution in [0.15, 0.2) is 24.3 Å². The van der Waals surface area contributed by atoms with Crippen LogP contribution in [0.25, 0.3) is 0 Å². The topological polar surface area (TPSA) is 58.6 Å². The average Bonchev–Trinajstić information content (AvgIpc) is 2.86. The minimum Gasteiger partial charge on any atom is -0.495 e. The van der Waals surface area contributed by atoms with E-state index in [0.717, 1.165) is 12.0 Å². The van der Waals surface area contributed by atoms with E-state index in [2.05, 4.69) is 5.32 Å². The van der Waals surface area contributed by atoms with Crippen LogP contribution in [0.1, 0.15) is 17.9 Å². The maximum atomic E-state index is 11.4. The molecule has 100 valence electrons. The third-order valence-electron chi connectivity index (χ3n) is 3.91. The number of halogens is 1. The van der Waals surface area contributed by atoms with Crippen molar-refractivity contribution in [2.45, 2.75) is 18.4 Å². The fraction of sp³-hybridized carbons (Fsp3) is 0.357. The molecule has 0 saturated carbocycles. The van der Waals surface area contributed by atoms with Crippen molar-refractivity contribution in [3.63, 3.8) is 0 Å². The van der Waals surface area contributed by atoms with Gasteiger partial charge in [0.1, 0.15) is 11.8 Å². The lowest BCUT2D eigenvalue weighted by molar-refractivity contribution is -0.139. The van der Waals surface area contributed by atoms with Crippen LogP contribution in [-0.2, 0) is 4.79 Å². The number of hydrogen-bond acceptors (Lipinski definition) is 3. The second-order valence-electron chi connectivity index (χ2n) is 4.85. The minimum atomic E-state index is -0.841. The molecule has 1 aliphatic heterocycles. The number of anilines is 1. The Balaban J connectivity index is 2.17. The lowest BCUT2D eigenvalue weighted by Crippen LogP contribution is -2.42. The first-order valence-electron chi connectivity index (χ1n) is 6.16. The highest BCUT2D eigenvalue weighted by Crippen LogP contribution is 2.50. The zero-order valence-corrected chi connectivity index (χ0v) is 11.1. The lowest BCUT2D eigenvalue weighted by atomic mass is 9.79. The Kier molecular flexibility index (Phi) is 2.90. The number of hydrogen-bond donors (Lipinski definition) is 2. The van der Waals surface area contributed by atoms with E-state index >= 15 is 0 Å². The third-order valence-corrected chi connectivity index (χ3v) is 4.24. The summed E-state index contributed by atoms with van der Waals surface area (Å²) in [5.74, 6) is -0.162. The van der Waals surface area contributed by atoms with Crippen molar-refractivity contribution in [2.75, 3.05) is 12.4 Å². The molecule has 0 unspecified atom stereocenters. The van der Waals surface area contributed by atoms with Gasteiger partial charge in [-0.3, -0.25) is 0 Å². The Morgan fingerprint density at radius 3 is 3.00 bits per heavy atom. The van der Waals surface area contributed by atoms with E-state index in [1.165, 1.54) is 0 Å². The number of rotatable bonds is 2. The van der Waals surface area contributed by atoms with Crippen LogP contribution in [0.4, 0.5) is 5.69 Å². The summed E-state index contributed by atoms with van der Waals surface area (Å²) >= 11 is 6.29. The van der Waals surface area contributed by atoms with Crippen molar-refractivity contribution in [3.05, 3.63) is 34.9 Å². The molecule has 5 heteroatoms. The van der Waals surface area contributed by atoms with E-state index in [1.807, 2.05) is 12.2 Å². The number of aliphatic carboxylic acids is 1. The Labute approximate surface area is 116 Å². The van der Waals surface area contributed by atoms with Crippen LogP contribution in [0, 0.1) is 5.92 Å². The second kappa shape index (κ2) is 4.46. The van der Waals surface area contributed by atoms with Crippen LogP contribution in [0.3, 0.4) is 0 Å². The standard InChI is InChI=1S/C14H14ClNO3/c1-19-10-6-5-9(15)11-7-3-2-4-8(7)12(14(17)18)16-13(10)11/h2-3,5-8,12,16H,4H2,1H3,(H,17,18)/t7-,8-,12-/m1/s1. The summed E-state index contributed by atoms with van der Waals surface area (Å²) < 4.78 is 5.31. The van der Waals surface area contributed by atoms with Gasteiger partial charge < -0.3 is 15.2 Å². The van der Waals surface area contributed by atoms with Crippen molar-refractivity contribution in [3.8, 4) is 5.75 Å². The van der Waals surface area contributed by atoms with Crippen molar-refractivity contribution in [2.24, 2.45) is 5.92 Å². The molecule has 0 amide bonds. The van der Waals surface area contributed by atoms with Crippen molar-refractivity contribution >= 4 is 23.3 Å². The van der Waals surface area contributed by atoms with E-state index in [4.69, 9.17) is 16.3 Å². The number of methoxy groups -OCH3 is 1. The molecule has 2 N–H and O–H groups in total. The quantitative estimate of drug-likeness (QED) is 0.817. The Bertz CT molecular complexity index is 570. The van der Waals surface area contributed by atoms with Gasteiger partial charge in [0.2, 0.25) is 0 Å². The second-order valence-corrected chi connectivity index (χ2v) is 5.26. The smallest absolute Gasteiger partial charge is 0.326 e. The van der Waals surface area contributed by atoms with Crippen LogP contribution < -0.4 is 10.1 Å². The van der Waals surface area contributed by atoms with Gasteiger partial charge in [-0.15, -0.1) is 0 Å². The molecule has 2 aliphatic rings. The molecule has 0 bridgehead atoms.